The minimum absolute atomic E-state index is 0.0795. The highest BCUT2D eigenvalue weighted by Crippen LogP contribution is 2.12. The molecule has 1 aromatic rings. The number of aryl methyl sites for hydroxylation is 1. The standard InChI is InChI=1S/C12H18FN/c1-10(9-14-2)7-8-11-5-3-4-6-12(11)13/h3-6,10,14H,7-9H2,1-2H3. The Morgan fingerprint density at radius 1 is 1.36 bits per heavy atom. The van der Waals surface area contributed by atoms with Crippen molar-refractivity contribution in [1.29, 1.82) is 0 Å². The molecule has 1 rings (SSSR count). The molecule has 0 spiro atoms. The van der Waals surface area contributed by atoms with Gasteiger partial charge in [-0.2, -0.15) is 0 Å². The molecule has 0 radical (unpaired) electrons. The molecule has 14 heavy (non-hydrogen) atoms. The summed E-state index contributed by atoms with van der Waals surface area (Å²) in [5.41, 5.74) is 0.829. The van der Waals surface area contributed by atoms with Gasteiger partial charge >= 0.3 is 0 Å². The molecular formula is C12H18FN. The molecule has 1 atom stereocenters. The van der Waals surface area contributed by atoms with Crippen molar-refractivity contribution in [3.05, 3.63) is 35.6 Å². The third-order valence-electron chi connectivity index (χ3n) is 2.42. The van der Waals surface area contributed by atoms with E-state index in [1.165, 1.54) is 6.07 Å². The fourth-order valence-corrected chi connectivity index (χ4v) is 1.55. The maximum Gasteiger partial charge on any atom is 0.126 e. The van der Waals surface area contributed by atoms with E-state index in [2.05, 4.69) is 12.2 Å². The van der Waals surface area contributed by atoms with Crippen LogP contribution < -0.4 is 5.32 Å². The second-order valence-electron chi connectivity index (χ2n) is 3.79. The first-order chi connectivity index (χ1) is 6.74. The van der Waals surface area contributed by atoms with Crippen LogP contribution in [0.4, 0.5) is 4.39 Å². The molecule has 1 N–H and O–H groups in total. The number of nitrogens with one attached hydrogen (secondary N) is 1. The molecule has 78 valence electrons. The van der Waals surface area contributed by atoms with E-state index >= 15 is 0 Å². The van der Waals surface area contributed by atoms with E-state index < -0.39 is 0 Å². The molecule has 1 nitrogen and oxygen atoms in total. The van der Waals surface area contributed by atoms with Crippen LogP contribution in [0.1, 0.15) is 18.9 Å². The summed E-state index contributed by atoms with van der Waals surface area (Å²) >= 11 is 0. The van der Waals surface area contributed by atoms with E-state index in [4.69, 9.17) is 0 Å². The van der Waals surface area contributed by atoms with Gasteiger partial charge in [0.2, 0.25) is 0 Å². The van der Waals surface area contributed by atoms with Crippen LogP contribution in [-0.2, 0) is 6.42 Å². The third-order valence-corrected chi connectivity index (χ3v) is 2.42. The summed E-state index contributed by atoms with van der Waals surface area (Å²) in [4.78, 5) is 0. The van der Waals surface area contributed by atoms with Crippen LogP contribution in [0.15, 0.2) is 24.3 Å². The Morgan fingerprint density at radius 2 is 2.07 bits per heavy atom. The van der Waals surface area contributed by atoms with Gasteiger partial charge in [-0.15, -0.1) is 0 Å². The number of hydrogen-bond donors (Lipinski definition) is 1. The normalized spacial score (nSPS) is 12.8. The SMILES string of the molecule is CNCC(C)CCc1ccccc1F. The van der Waals surface area contributed by atoms with Crippen LogP contribution in [0.25, 0.3) is 0 Å². The molecule has 0 heterocycles. The summed E-state index contributed by atoms with van der Waals surface area (Å²) in [6.45, 7) is 3.17. The Labute approximate surface area is 85.3 Å². The Kier molecular flexibility index (Phi) is 4.60. The van der Waals surface area contributed by atoms with Crippen LogP contribution in [0.3, 0.4) is 0 Å². The Bertz CT molecular complexity index is 273. The molecule has 0 saturated heterocycles. The first-order valence-electron chi connectivity index (χ1n) is 5.12. The van der Waals surface area contributed by atoms with Crippen LogP contribution in [-0.4, -0.2) is 13.6 Å². The van der Waals surface area contributed by atoms with Gasteiger partial charge in [-0.25, -0.2) is 4.39 Å². The summed E-state index contributed by atoms with van der Waals surface area (Å²) < 4.78 is 13.2. The van der Waals surface area contributed by atoms with E-state index in [1.807, 2.05) is 19.2 Å². The minimum atomic E-state index is -0.0795. The lowest BCUT2D eigenvalue weighted by Gasteiger charge is -2.10. The topological polar surface area (TPSA) is 12.0 Å². The Balaban J connectivity index is 2.41. The van der Waals surface area contributed by atoms with Crippen LogP contribution >= 0.6 is 0 Å². The number of benzene rings is 1. The van der Waals surface area contributed by atoms with Crippen molar-refractivity contribution in [2.45, 2.75) is 19.8 Å². The average Bonchev–Trinajstić information content (AvgIpc) is 2.17. The molecular weight excluding hydrogens is 177 g/mol. The zero-order chi connectivity index (χ0) is 10.4. The monoisotopic (exact) mass is 195 g/mol. The van der Waals surface area contributed by atoms with Crippen molar-refractivity contribution in [3.8, 4) is 0 Å². The maximum atomic E-state index is 13.2. The molecule has 1 aromatic carbocycles. The zero-order valence-electron chi connectivity index (χ0n) is 8.89. The predicted octanol–water partition coefficient (Wildman–Crippen LogP) is 2.61. The summed E-state index contributed by atoms with van der Waals surface area (Å²) in [6.07, 6.45) is 1.86. The van der Waals surface area contributed by atoms with Crippen molar-refractivity contribution in [2.75, 3.05) is 13.6 Å². The van der Waals surface area contributed by atoms with Gasteiger partial charge in [0.25, 0.3) is 0 Å². The smallest absolute Gasteiger partial charge is 0.126 e. The van der Waals surface area contributed by atoms with Gasteiger partial charge in [0.1, 0.15) is 5.82 Å². The van der Waals surface area contributed by atoms with Crippen LogP contribution in [0.5, 0.6) is 0 Å². The highest BCUT2D eigenvalue weighted by Gasteiger charge is 2.04. The summed E-state index contributed by atoms with van der Waals surface area (Å²) in [6, 6.07) is 7.01. The van der Waals surface area contributed by atoms with Gasteiger partial charge in [0.15, 0.2) is 0 Å². The Hall–Kier alpha value is -0.890. The highest BCUT2D eigenvalue weighted by molar-refractivity contribution is 5.17. The van der Waals surface area contributed by atoms with Gasteiger partial charge in [0.05, 0.1) is 0 Å². The van der Waals surface area contributed by atoms with E-state index in [-0.39, 0.29) is 5.82 Å². The second kappa shape index (κ2) is 5.76. The van der Waals surface area contributed by atoms with E-state index in [9.17, 15) is 4.39 Å². The lowest BCUT2D eigenvalue weighted by Crippen LogP contribution is -2.16. The fourth-order valence-electron chi connectivity index (χ4n) is 1.55. The van der Waals surface area contributed by atoms with Gasteiger partial charge in [-0.1, -0.05) is 25.1 Å². The molecule has 2 heteroatoms. The maximum absolute atomic E-state index is 13.2. The van der Waals surface area contributed by atoms with E-state index in [0.29, 0.717) is 5.92 Å². The highest BCUT2D eigenvalue weighted by atomic mass is 19.1. The van der Waals surface area contributed by atoms with Crippen molar-refractivity contribution in [1.82, 2.24) is 5.32 Å². The van der Waals surface area contributed by atoms with Crippen molar-refractivity contribution >= 4 is 0 Å². The molecule has 0 fully saturated rings. The van der Waals surface area contributed by atoms with Gasteiger partial charge in [-0.3, -0.25) is 0 Å². The number of hydrogen-bond acceptors (Lipinski definition) is 1. The molecule has 0 aliphatic heterocycles. The molecule has 1 unspecified atom stereocenters. The molecule has 0 saturated carbocycles. The average molecular weight is 195 g/mol. The molecule has 0 amide bonds. The molecule has 0 aliphatic rings. The lowest BCUT2D eigenvalue weighted by atomic mass is 10.0. The summed E-state index contributed by atoms with van der Waals surface area (Å²) in [5.74, 6) is 0.517. The van der Waals surface area contributed by atoms with Crippen molar-refractivity contribution < 1.29 is 4.39 Å². The summed E-state index contributed by atoms with van der Waals surface area (Å²) in [7, 11) is 1.94. The molecule has 0 aromatic heterocycles. The Morgan fingerprint density at radius 3 is 2.71 bits per heavy atom. The van der Waals surface area contributed by atoms with Gasteiger partial charge < -0.3 is 5.32 Å². The first-order valence-corrected chi connectivity index (χ1v) is 5.12. The largest absolute Gasteiger partial charge is 0.319 e. The quantitative estimate of drug-likeness (QED) is 0.761. The predicted molar refractivity (Wildman–Crippen MR) is 57.8 cm³/mol. The fraction of sp³-hybridized carbons (Fsp3) is 0.500. The first kappa shape index (κ1) is 11.2. The van der Waals surface area contributed by atoms with Crippen molar-refractivity contribution in [3.63, 3.8) is 0 Å². The second-order valence-corrected chi connectivity index (χ2v) is 3.79. The van der Waals surface area contributed by atoms with E-state index in [0.717, 1.165) is 24.9 Å². The molecule has 0 aliphatic carbocycles. The van der Waals surface area contributed by atoms with Crippen LogP contribution in [0.2, 0.25) is 0 Å². The summed E-state index contributed by atoms with van der Waals surface area (Å²) in [5, 5.41) is 3.12. The van der Waals surface area contributed by atoms with Gasteiger partial charge in [-0.05, 0) is 44.0 Å². The van der Waals surface area contributed by atoms with Gasteiger partial charge in [0, 0.05) is 0 Å². The van der Waals surface area contributed by atoms with Crippen molar-refractivity contribution in [2.24, 2.45) is 5.92 Å². The molecule has 0 bridgehead atoms. The lowest BCUT2D eigenvalue weighted by molar-refractivity contribution is 0.496. The third kappa shape index (κ3) is 3.46. The van der Waals surface area contributed by atoms with Crippen LogP contribution in [0, 0.1) is 11.7 Å². The number of halogens is 1. The zero-order valence-corrected chi connectivity index (χ0v) is 8.89. The van der Waals surface area contributed by atoms with E-state index in [1.54, 1.807) is 6.07 Å². The number of rotatable bonds is 5. The minimum Gasteiger partial charge on any atom is -0.319 e.